The van der Waals surface area contributed by atoms with Crippen LogP contribution in [0.4, 0.5) is 8.78 Å². The molecule has 2 aliphatic rings. The largest absolute Gasteiger partial charge is 0.483 e. The van der Waals surface area contributed by atoms with Gasteiger partial charge in [0.2, 0.25) is 0 Å². The van der Waals surface area contributed by atoms with Crippen molar-refractivity contribution in [3.8, 4) is 5.75 Å². The van der Waals surface area contributed by atoms with E-state index in [-0.39, 0.29) is 30.1 Å². The molecule has 2 fully saturated rings. The van der Waals surface area contributed by atoms with Crippen LogP contribution in [0.15, 0.2) is 34.7 Å². The number of fused-ring (bicyclic) bond motifs is 2. The molecular formula is C20H22F2N2O3. The van der Waals surface area contributed by atoms with Gasteiger partial charge in [0.05, 0.1) is 0 Å². The normalized spacial score (nSPS) is 24.8. The molecule has 2 aliphatic heterocycles. The third kappa shape index (κ3) is 3.83. The highest BCUT2D eigenvalue weighted by Gasteiger charge is 2.39. The van der Waals surface area contributed by atoms with E-state index >= 15 is 0 Å². The minimum absolute atomic E-state index is 0.0474. The van der Waals surface area contributed by atoms with Crippen LogP contribution in [0.25, 0.3) is 0 Å². The SMILES string of the molecule is CN1C2CCC1CC(NC(=O)c1ccc(COc3ccc(F)cc3F)o1)C2. The quantitative estimate of drug-likeness (QED) is 0.868. The highest BCUT2D eigenvalue weighted by molar-refractivity contribution is 5.91. The van der Waals surface area contributed by atoms with Gasteiger partial charge >= 0.3 is 0 Å². The van der Waals surface area contributed by atoms with Gasteiger partial charge in [-0.05, 0) is 57.0 Å². The number of carbonyl (C=O) groups excluding carboxylic acids is 1. The van der Waals surface area contributed by atoms with Gasteiger partial charge in [-0.2, -0.15) is 0 Å². The molecule has 144 valence electrons. The van der Waals surface area contributed by atoms with E-state index in [1.165, 1.54) is 18.9 Å². The summed E-state index contributed by atoms with van der Waals surface area (Å²) in [7, 11) is 2.16. The van der Waals surface area contributed by atoms with Gasteiger partial charge in [-0.1, -0.05) is 0 Å². The van der Waals surface area contributed by atoms with E-state index in [0.717, 1.165) is 25.0 Å². The lowest BCUT2D eigenvalue weighted by atomic mass is 9.98. The molecule has 0 aliphatic carbocycles. The maximum Gasteiger partial charge on any atom is 0.287 e. The van der Waals surface area contributed by atoms with Crippen LogP contribution in [0.5, 0.6) is 5.75 Å². The Bertz CT molecular complexity index is 824. The first-order valence-electron chi connectivity index (χ1n) is 9.19. The lowest BCUT2D eigenvalue weighted by Gasteiger charge is -2.36. The Morgan fingerprint density at radius 3 is 2.67 bits per heavy atom. The number of nitrogens with one attached hydrogen (secondary N) is 1. The van der Waals surface area contributed by atoms with Crippen molar-refractivity contribution in [1.29, 1.82) is 0 Å². The van der Waals surface area contributed by atoms with E-state index in [4.69, 9.17) is 9.15 Å². The summed E-state index contributed by atoms with van der Waals surface area (Å²) in [5.74, 6) is -1.16. The Balaban J connectivity index is 1.33. The van der Waals surface area contributed by atoms with Crippen LogP contribution in [0, 0.1) is 11.6 Å². The summed E-state index contributed by atoms with van der Waals surface area (Å²) in [6.07, 6.45) is 4.30. The van der Waals surface area contributed by atoms with E-state index < -0.39 is 11.6 Å². The molecule has 2 saturated heterocycles. The average Bonchev–Trinajstić information content (AvgIpc) is 3.16. The number of ether oxygens (including phenoxy) is 1. The molecule has 0 spiro atoms. The van der Waals surface area contributed by atoms with Crippen molar-refractivity contribution in [3.05, 3.63) is 53.5 Å². The predicted octanol–water partition coefficient (Wildman–Crippen LogP) is 3.49. The Hall–Kier alpha value is -2.41. The number of piperidine rings is 1. The number of hydrogen-bond donors (Lipinski definition) is 1. The second-order valence-corrected chi connectivity index (χ2v) is 7.32. The Labute approximate surface area is 156 Å². The van der Waals surface area contributed by atoms with Crippen LogP contribution in [-0.2, 0) is 6.61 Å². The van der Waals surface area contributed by atoms with Crippen LogP contribution in [0.2, 0.25) is 0 Å². The zero-order valence-electron chi connectivity index (χ0n) is 15.1. The fraction of sp³-hybridized carbons (Fsp3) is 0.450. The van der Waals surface area contributed by atoms with Gasteiger partial charge in [-0.15, -0.1) is 0 Å². The maximum atomic E-state index is 13.6. The fourth-order valence-corrected chi connectivity index (χ4v) is 4.10. The number of amides is 1. The summed E-state index contributed by atoms with van der Waals surface area (Å²) in [5.41, 5.74) is 0. The number of rotatable bonds is 5. The number of carbonyl (C=O) groups is 1. The topological polar surface area (TPSA) is 54.7 Å². The van der Waals surface area contributed by atoms with Crippen LogP contribution in [-0.4, -0.2) is 36.0 Å². The molecular weight excluding hydrogens is 354 g/mol. The summed E-state index contributed by atoms with van der Waals surface area (Å²) in [5, 5.41) is 3.06. The maximum absolute atomic E-state index is 13.6. The van der Waals surface area contributed by atoms with Crippen molar-refractivity contribution in [2.75, 3.05) is 7.05 Å². The van der Waals surface area contributed by atoms with Crippen LogP contribution in [0.1, 0.15) is 42.0 Å². The van der Waals surface area contributed by atoms with E-state index in [1.807, 2.05) is 0 Å². The molecule has 0 radical (unpaired) electrons. The zero-order chi connectivity index (χ0) is 19.0. The number of nitrogens with zero attached hydrogens (tertiary/aromatic N) is 1. The summed E-state index contributed by atoms with van der Waals surface area (Å²) in [6.45, 7) is -0.0474. The first-order valence-corrected chi connectivity index (χ1v) is 9.19. The molecule has 2 aromatic rings. The monoisotopic (exact) mass is 376 g/mol. The van der Waals surface area contributed by atoms with Crippen molar-refractivity contribution in [1.82, 2.24) is 10.2 Å². The first kappa shape index (κ1) is 18.0. The molecule has 27 heavy (non-hydrogen) atoms. The molecule has 2 bridgehead atoms. The van der Waals surface area contributed by atoms with E-state index in [1.54, 1.807) is 12.1 Å². The highest BCUT2D eigenvalue weighted by atomic mass is 19.1. The van der Waals surface area contributed by atoms with Crippen LogP contribution < -0.4 is 10.1 Å². The molecule has 1 aromatic heterocycles. The third-order valence-electron chi connectivity index (χ3n) is 5.58. The Morgan fingerprint density at radius 1 is 1.22 bits per heavy atom. The fourth-order valence-electron chi connectivity index (χ4n) is 4.10. The van der Waals surface area contributed by atoms with Crippen molar-refractivity contribution in [2.24, 2.45) is 0 Å². The summed E-state index contributed by atoms with van der Waals surface area (Å²) < 4.78 is 37.3. The van der Waals surface area contributed by atoms with Gasteiger partial charge in [0.25, 0.3) is 5.91 Å². The summed E-state index contributed by atoms with van der Waals surface area (Å²) in [6, 6.07) is 7.53. The predicted molar refractivity (Wildman–Crippen MR) is 94.5 cm³/mol. The second-order valence-electron chi connectivity index (χ2n) is 7.32. The molecule has 1 aromatic carbocycles. The molecule has 7 heteroatoms. The minimum atomic E-state index is -0.781. The number of benzene rings is 1. The lowest BCUT2D eigenvalue weighted by Crippen LogP contribution is -2.48. The minimum Gasteiger partial charge on any atom is -0.483 e. The standard InChI is InChI=1S/C20H22F2N2O3/c1-24-14-3-4-15(24)10-13(9-14)23-20(25)19-7-5-16(27-19)11-26-18-6-2-12(21)8-17(18)22/h2,5-8,13-15H,3-4,9-11H2,1H3,(H,23,25). The molecule has 0 saturated carbocycles. The average molecular weight is 376 g/mol. The highest BCUT2D eigenvalue weighted by Crippen LogP contribution is 2.34. The van der Waals surface area contributed by atoms with Gasteiger partial charge in [-0.25, -0.2) is 8.78 Å². The summed E-state index contributed by atoms with van der Waals surface area (Å²) >= 11 is 0. The van der Waals surface area contributed by atoms with Gasteiger partial charge in [-0.3, -0.25) is 4.79 Å². The van der Waals surface area contributed by atoms with Gasteiger partial charge < -0.3 is 19.4 Å². The number of halogens is 2. The lowest BCUT2D eigenvalue weighted by molar-refractivity contribution is 0.0851. The Kier molecular flexibility index (Phi) is 4.86. The van der Waals surface area contributed by atoms with Crippen molar-refractivity contribution >= 4 is 5.91 Å². The molecule has 3 heterocycles. The molecule has 1 N–H and O–H groups in total. The molecule has 1 amide bonds. The van der Waals surface area contributed by atoms with E-state index in [0.29, 0.717) is 17.8 Å². The van der Waals surface area contributed by atoms with Crippen molar-refractivity contribution in [3.63, 3.8) is 0 Å². The second kappa shape index (κ2) is 7.31. The first-order chi connectivity index (χ1) is 13.0. The Morgan fingerprint density at radius 2 is 1.96 bits per heavy atom. The number of hydrogen-bond acceptors (Lipinski definition) is 4. The van der Waals surface area contributed by atoms with Crippen molar-refractivity contribution in [2.45, 2.75) is 50.4 Å². The summed E-state index contributed by atoms with van der Waals surface area (Å²) in [4.78, 5) is 14.9. The van der Waals surface area contributed by atoms with Crippen LogP contribution >= 0.6 is 0 Å². The van der Waals surface area contributed by atoms with Crippen molar-refractivity contribution < 1.29 is 22.7 Å². The molecule has 2 unspecified atom stereocenters. The molecule has 5 nitrogen and oxygen atoms in total. The molecule has 4 rings (SSSR count). The number of furan rings is 1. The zero-order valence-corrected chi connectivity index (χ0v) is 15.1. The molecule has 2 atom stereocenters. The third-order valence-corrected chi connectivity index (χ3v) is 5.58. The van der Waals surface area contributed by atoms with Crippen LogP contribution in [0.3, 0.4) is 0 Å². The smallest absolute Gasteiger partial charge is 0.287 e. The van der Waals surface area contributed by atoms with Gasteiger partial charge in [0.15, 0.2) is 17.3 Å². The van der Waals surface area contributed by atoms with E-state index in [9.17, 15) is 13.6 Å². The van der Waals surface area contributed by atoms with Gasteiger partial charge in [0.1, 0.15) is 18.2 Å². The van der Waals surface area contributed by atoms with E-state index in [2.05, 4.69) is 17.3 Å². The van der Waals surface area contributed by atoms with Gasteiger partial charge in [0, 0.05) is 24.2 Å².